The summed E-state index contributed by atoms with van der Waals surface area (Å²) in [5.74, 6) is -1.09. The molecule has 0 spiro atoms. The number of rotatable bonds is 4. The average Bonchev–Trinajstić information content (AvgIpc) is 2.93. The fraction of sp³-hybridized carbons (Fsp3) is 0.0667. The monoisotopic (exact) mass is 348 g/mol. The van der Waals surface area contributed by atoms with Crippen LogP contribution in [0.2, 0.25) is 0 Å². The Hall–Kier alpha value is -2.45. The number of hydrogen-bond donors (Lipinski definition) is 2. The van der Waals surface area contributed by atoms with Crippen LogP contribution in [-0.2, 0) is 10.0 Å². The van der Waals surface area contributed by atoms with E-state index < -0.39 is 16.0 Å². The lowest BCUT2D eigenvalue weighted by atomic mass is 10.1. The standard InChI is InChI=1S/C15H12N2O4S2/c1-9-6-12(3-4-13(9)15(18)19)23(20,21)17-11-2-5-14-10(7-11)8-16-22-14/h2-8,17H,1H3,(H,18,19). The summed E-state index contributed by atoms with van der Waals surface area (Å²) in [6.45, 7) is 1.56. The SMILES string of the molecule is Cc1cc(S(=O)(=O)Nc2ccc3sncc3c2)ccc1C(=O)O. The largest absolute Gasteiger partial charge is 0.478 e. The number of nitrogens with zero attached hydrogens (tertiary/aromatic N) is 1. The first-order valence-electron chi connectivity index (χ1n) is 6.58. The maximum Gasteiger partial charge on any atom is 0.335 e. The molecule has 0 unspecified atom stereocenters. The molecule has 0 atom stereocenters. The first-order chi connectivity index (χ1) is 10.9. The minimum atomic E-state index is -3.79. The second kappa shape index (κ2) is 5.64. The van der Waals surface area contributed by atoms with Gasteiger partial charge in [-0.3, -0.25) is 4.72 Å². The number of aryl methyl sites for hydroxylation is 1. The van der Waals surface area contributed by atoms with E-state index in [0.29, 0.717) is 11.3 Å². The van der Waals surface area contributed by atoms with E-state index in [2.05, 4.69) is 9.10 Å². The highest BCUT2D eigenvalue weighted by atomic mass is 32.2. The van der Waals surface area contributed by atoms with Gasteiger partial charge in [0, 0.05) is 17.3 Å². The molecule has 0 aliphatic heterocycles. The van der Waals surface area contributed by atoms with Crippen molar-refractivity contribution in [1.82, 2.24) is 4.37 Å². The number of aromatic nitrogens is 1. The van der Waals surface area contributed by atoms with Crippen LogP contribution in [-0.4, -0.2) is 23.9 Å². The average molecular weight is 348 g/mol. The van der Waals surface area contributed by atoms with Crippen LogP contribution >= 0.6 is 11.5 Å². The van der Waals surface area contributed by atoms with Gasteiger partial charge in [0.1, 0.15) is 0 Å². The van der Waals surface area contributed by atoms with Crippen LogP contribution < -0.4 is 4.72 Å². The summed E-state index contributed by atoms with van der Waals surface area (Å²) in [7, 11) is -3.79. The minimum Gasteiger partial charge on any atom is -0.478 e. The molecule has 0 fully saturated rings. The van der Waals surface area contributed by atoms with E-state index >= 15 is 0 Å². The Morgan fingerprint density at radius 3 is 2.70 bits per heavy atom. The molecule has 1 heterocycles. The predicted molar refractivity (Wildman–Crippen MR) is 88.6 cm³/mol. The molecule has 2 N–H and O–H groups in total. The van der Waals surface area contributed by atoms with Crippen LogP contribution in [0.4, 0.5) is 5.69 Å². The lowest BCUT2D eigenvalue weighted by molar-refractivity contribution is 0.0696. The van der Waals surface area contributed by atoms with Gasteiger partial charge < -0.3 is 5.11 Å². The number of anilines is 1. The van der Waals surface area contributed by atoms with Gasteiger partial charge in [-0.15, -0.1) is 0 Å². The van der Waals surface area contributed by atoms with E-state index in [0.717, 1.165) is 10.1 Å². The minimum absolute atomic E-state index is 0.0172. The number of fused-ring (bicyclic) bond motifs is 1. The number of carbonyl (C=O) groups is 1. The fourth-order valence-electron chi connectivity index (χ4n) is 2.19. The number of hydrogen-bond acceptors (Lipinski definition) is 5. The smallest absolute Gasteiger partial charge is 0.335 e. The van der Waals surface area contributed by atoms with E-state index in [-0.39, 0.29) is 10.5 Å². The quantitative estimate of drug-likeness (QED) is 0.755. The summed E-state index contributed by atoms with van der Waals surface area (Å²) in [6.07, 6.45) is 1.67. The second-order valence-corrected chi connectivity index (χ2v) is 7.48. The van der Waals surface area contributed by atoms with Gasteiger partial charge in [0.2, 0.25) is 0 Å². The molecule has 0 saturated heterocycles. The first kappa shape index (κ1) is 15.4. The van der Waals surface area contributed by atoms with Gasteiger partial charge in [-0.25, -0.2) is 13.2 Å². The summed E-state index contributed by atoms with van der Waals surface area (Å²) in [5.41, 5.74) is 0.894. The fourth-order valence-corrected chi connectivity index (χ4v) is 3.95. The summed E-state index contributed by atoms with van der Waals surface area (Å²) >= 11 is 1.33. The molecule has 0 amide bonds. The van der Waals surface area contributed by atoms with Crippen molar-refractivity contribution < 1.29 is 18.3 Å². The summed E-state index contributed by atoms with van der Waals surface area (Å²) in [6, 6.07) is 9.08. The van der Waals surface area contributed by atoms with E-state index in [1.165, 1.54) is 29.7 Å². The Kier molecular flexibility index (Phi) is 3.78. The van der Waals surface area contributed by atoms with Crippen LogP contribution in [0.15, 0.2) is 47.5 Å². The lowest BCUT2D eigenvalue weighted by Crippen LogP contribution is -2.13. The molecule has 0 aliphatic carbocycles. The topological polar surface area (TPSA) is 96.4 Å². The molecule has 2 aromatic carbocycles. The normalized spacial score (nSPS) is 11.5. The molecule has 1 aromatic heterocycles. The van der Waals surface area contributed by atoms with Crippen LogP contribution in [0.1, 0.15) is 15.9 Å². The van der Waals surface area contributed by atoms with Gasteiger partial charge in [0.05, 0.1) is 15.2 Å². The van der Waals surface area contributed by atoms with Crippen molar-refractivity contribution in [1.29, 1.82) is 0 Å². The maximum absolute atomic E-state index is 12.4. The number of benzene rings is 2. The zero-order chi connectivity index (χ0) is 16.6. The van der Waals surface area contributed by atoms with Crippen molar-refractivity contribution in [3.63, 3.8) is 0 Å². The van der Waals surface area contributed by atoms with Crippen LogP contribution in [0.25, 0.3) is 10.1 Å². The number of carboxylic acid groups (broad SMARTS) is 1. The van der Waals surface area contributed by atoms with E-state index in [1.54, 1.807) is 31.3 Å². The highest BCUT2D eigenvalue weighted by Gasteiger charge is 2.17. The van der Waals surface area contributed by atoms with Crippen LogP contribution in [0, 0.1) is 6.92 Å². The zero-order valence-electron chi connectivity index (χ0n) is 12.0. The first-order valence-corrected chi connectivity index (χ1v) is 8.84. The van der Waals surface area contributed by atoms with Gasteiger partial charge in [-0.2, -0.15) is 4.37 Å². The molecule has 23 heavy (non-hydrogen) atoms. The Bertz CT molecular complexity index is 1010. The van der Waals surface area contributed by atoms with Crippen LogP contribution in [0.3, 0.4) is 0 Å². The molecule has 0 bridgehead atoms. The Morgan fingerprint density at radius 1 is 1.22 bits per heavy atom. The molecular weight excluding hydrogens is 336 g/mol. The van der Waals surface area contributed by atoms with Gasteiger partial charge in [-0.05, 0) is 60.4 Å². The molecule has 0 aliphatic rings. The molecule has 0 radical (unpaired) electrons. The zero-order valence-corrected chi connectivity index (χ0v) is 13.6. The van der Waals surface area contributed by atoms with Crippen molar-refractivity contribution in [3.05, 3.63) is 53.7 Å². The van der Waals surface area contributed by atoms with Crippen molar-refractivity contribution in [2.45, 2.75) is 11.8 Å². The third-order valence-electron chi connectivity index (χ3n) is 3.34. The molecular formula is C15H12N2O4S2. The van der Waals surface area contributed by atoms with E-state index in [9.17, 15) is 13.2 Å². The predicted octanol–water partition coefficient (Wildman–Crippen LogP) is 3.10. The van der Waals surface area contributed by atoms with Crippen molar-refractivity contribution >= 4 is 43.3 Å². The molecule has 118 valence electrons. The van der Waals surface area contributed by atoms with Crippen LogP contribution in [0.5, 0.6) is 0 Å². The Morgan fingerprint density at radius 2 is 2.00 bits per heavy atom. The van der Waals surface area contributed by atoms with Crippen molar-refractivity contribution in [2.75, 3.05) is 4.72 Å². The number of sulfonamides is 1. The molecule has 3 aromatic rings. The summed E-state index contributed by atoms with van der Waals surface area (Å²) in [4.78, 5) is 11.0. The van der Waals surface area contributed by atoms with E-state index in [1.807, 2.05) is 0 Å². The highest BCUT2D eigenvalue weighted by molar-refractivity contribution is 7.92. The third kappa shape index (κ3) is 3.03. The molecule has 3 rings (SSSR count). The van der Waals surface area contributed by atoms with Gasteiger partial charge in [0.25, 0.3) is 10.0 Å². The highest BCUT2D eigenvalue weighted by Crippen LogP contribution is 2.24. The number of aromatic carboxylic acids is 1. The van der Waals surface area contributed by atoms with Gasteiger partial charge in [-0.1, -0.05) is 0 Å². The number of nitrogens with one attached hydrogen (secondary N) is 1. The third-order valence-corrected chi connectivity index (χ3v) is 5.50. The summed E-state index contributed by atoms with van der Waals surface area (Å²) < 4.78 is 32.4. The molecule has 6 nitrogen and oxygen atoms in total. The lowest BCUT2D eigenvalue weighted by Gasteiger charge is -2.10. The molecule has 8 heteroatoms. The van der Waals surface area contributed by atoms with Gasteiger partial charge in [0.15, 0.2) is 0 Å². The van der Waals surface area contributed by atoms with Crippen molar-refractivity contribution in [3.8, 4) is 0 Å². The van der Waals surface area contributed by atoms with Crippen molar-refractivity contribution in [2.24, 2.45) is 0 Å². The Balaban J connectivity index is 1.94. The molecule has 0 saturated carbocycles. The second-order valence-electron chi connectivity index (χ2n) is 4.97. The van der Waals surface area contributed by atoms with E-state index in [4.69, 9.17) is 5.11 Å². The summed E-state index contributed by atoms with van der Waals surface area (Å²) in [5, 5.41) is 9.86. The maximum atomic E-state index is 12.4. The number of carboxylic acids is 1. The van der Waals surface area contributed by atoms with Gasteiger partial charge >= 0.3 is 5.97 Å². The Labute approximate surface area is 136 Å².